The van der Waals surface area contributed by atoms with Crippen molar-refractivity contribution in [2.45, 2.75) is 44.0 Å². The zero-order valence-electron chi connectivity index (χ0n) is 14.6. The van der Waals surface area contributed by atoms with E-state index in [0.29, 0.717) is 11.5 Å². The summed E-state index contributed by atoms with van der Waals surface area (Å²) in [4.78, 5) is 11.8. The van der Waals surface area contributed by atoms with Gasteiger partial charge in [-0.15, -0.1) is 0 Å². The van der Waals surface area contributed by atoms with Crippen molar-refractivity contribution in [1.29, 1.82) is 0 Å². The van der Waals surface area contributed by atoms with Crippen LogP contribution >= 0.6 is 0 Å². The van der Waals surface area contributed by atoms with Crippen molar-refractivity contribution in [2.75, 3.05) is 20.8 Å². The molecule has 24 heavy (non-hydrogen) atoms. The topological polar surface area (TPSA) is 93.7 Å². The molecule has 1 aromatic rings. The van der Waals surface area contributed by atoms with Crippen molar-refractivity contribution in [3.8, 4) is 11.5 Å². The molecule has 7 nitrogen and oxygen atoms in total. The molecule has 0 spiro atoms. The molecule has 0 aliphatic rings. The van der Waals surface area contributed by atoms with E-state index in [1.54, 1.807) is 0 Å². The second kappa shape index (κ2) is 9.48. The summed E-state index contributed by atoms with van der Waals surface area (Å²) in [7, 11) is -0.809. The average molecular weight is 358 g/mol. The van der Waals surface area contributed by atoms with Crippen LogP contribution in [0.5, 0.6) is 11.5 Å². The van der Waals surface area contributed by atoms with Crippen LogP contribution in [-0.2, 0) is 14.8 Å². The zero-order valence-corrected chi connectivity index (χ0v) is 15.4. The summed E-state index contributed by atoms with van der Waals surface area (Å²) in [6, 6.07) is 4.41. The summed E-state index contributed by atoms with van der Waals surface area (Å²) in [6.45, 7) is 4.00. The molecule has 1 atom stereocenters. The molecule has 0 aromatic heterocycles. The molecular weight excluding hydrogens is 332 g/mol. The molecular formula is C16H26N2O5S. The molecule has 0 aliphatic heterocycles. The fourth-order valence-electron chi connectivity index (χ4n) is 2.22. The van der Waals surface area contributed by atoms with Crippen molar-refractivity contribution in [3.63, 3.8) is 0 Å². The molecule has 8 heteroatoms. The first-order valence-electron chi connectivity index (χ1n) is 7.85. The lowest BCUT2D eigenvalue weighted by Crippen LogP contribution is -2.35. The number of hydrogen-bond donors (Lipinski definition) is 2. The van der Waals surface area contributed by atoms with E-state index in [2.05, 4.69) is 10.0 Å². The molecule has 0 radical (unpaired) electrons. The van der Waals surface area contributed by atoms with E-state index in [4.69, 9.17) is 9.47 Å². The number of carbonyl (C=O) groups is 1. The summed E-state index contributed by atoms with van der Waals surface area (Å²) in [6.07, 6.45) is 1.96. The van der Waals surface area contributed by atoms with Gasteiger partial charge >= 0.3 is 0 Å². The van der Waals surface area contributed by atoms with Gasteiger partial charge in [0.05, 0.1) is 19.1 Å². The normalized spacial score (nSPS) is 12.5. The van der Waals surface area contributed by atoms with Gasteiger partial charge in [0.25, 0.3) is 0 Å². The lowest BCUT2D eigenvalue weighted by Gasteiger charge is -2.13. The van der Waals surface area contributed by atoms with E-state index in [0.717, 1.165) is 12.8 Å². The van der Waals surface area contributed by atoms with Crippen LogP contribution in [0.15, 0.2) is 23.1 Å². The van der Waals surface area contributed by atoms with Crippen LogP contribution in [0.4, 0.5) is 0 Å². The summed E-state index contributed by atoms with van der Waals surface area (Å²) in [5.41, 5.74) is 0. The second-order valence-electron chi connectivity index (χ2n) is 5.42. The predicted molar refractivity (Wildman–Crippen MR) is 91.9 cm³/mol. The smallest absolute Gasteiger partial charge is 0.240 e. The lowest BCUT2D eigenvalue weighted by atomic mass is 10.2. The third kappa shape index (κ3) is 6.01. The van der Waals surface area contributed by atoms with E-state index in [1.807, 2.05) is 13.8 Å². The van der Waals surface area contributed by atoms with Gasteiger partial charge in [-0.2, -0.15) is 0 Å². The standard InChI is InChI=1S/C16H26N2O5S/c1-5-6-12(2)18-16(19)9-10-17-24(20,21)13-7-8-14(22-3)15(11-13)23-4/h7-8,11-12,17H,5-6,9-10H2,1-4H3,(H,18,19)/t12-/m0/s1. The minimum absolute atomic E-state index is 0.0291. The maximum atomic E-state index is 12.3. The van der Waals surface area contributed by atoms with E-state index in [1.165, 1.54) is 32.4 Å². The predicted octanol–water partition coefficient (Wildman–Crippen LogP) is 1.68. The van der Waals surface area contributed by atoms with Gasteiger partial charge in [0, 0.05) is 25.1 Å². The SMILES string of the molecule is CCC[C@H](C)NC(=O)CCNS(=O)(=O)c1ccc(OC)c(OC)c1. The first kappa shape index (κ1) is 20.2. The highest BCUT2D eigenvalue weighted by atomic mass is 32.2. The number of nitrogens with one attached hydrogen (secondary N) is 2. The second-order valence-corrected chi connectivity index (χ2v) is 7.19. The minimum atomic E-state index is -3.72. The van der Waals surface area contributed by atoms with Crippen LogP contribution in [0, 0.1) is 0 Å². The Morgan fingerprint density at radius 2 is 1.88 bits per heavy atom. The third-order valence-electron chi connectivity index (χ3n) is 3.44. The molecule has 0 aliphatic carbocycles. The molecule has 0 saturated carbocycles. The number of carbonyl (C=O) groups excluding carboxylic acids is 1. The summed E-state index contributed by atoms with van der Waals surface area (Å²) in [5.74, 6) is 0.596. The van der Waals surface area contributed by atoms with Gasteiger partial charge in [-0.1, -0.05) is 13.3 Å². The Labute approximate surface area is 143 Å². The number of sulfonamides is 1. The molecule has 1 amide bonds. The summed E-state index contributed by atoms with van der Waals surface area (Å²) in [5, 5.41) is 2.83. The number of ether oxygens (including phenoxy) is 2. The van der Waals surface area contributed by atoms with Crippen LogP contribution in [0.3, 0.4) is 0 Å². The number of methoxy groups -OCH3 is 2. The molecule has 1 rings (SSSR count). The van der Waals surface area contributed by atoms with Gasteiger partial charge in [-0.25, -0.2) is 13.1 Å². The Bertz CT molecular complexity index is 646. The fourth-order valence-corrected chi connectivity index (χ4v) is 3.26. The van der Waals surface area contributed by atoms with E-state index >= 15 is 0 Å². The van der Waals surface area contributed by atoms with Crippen LogP contribution in [0.25, 0.3) is 0 Å². The lowest BCUT2D eigenvalue weighted by molar-refractivity contribution is -0.121. The Kier molecular flexibility index (Phi) is 8.00. The van der Waals surface area contributed by atoms with Crippen molar-refractivity contribution in [1.82, 2.24) is 10.0 Å². The Morgan fingerprint density at radius 3 is 2.46 bits per heavy atom. The van der Waals surface area contributed by atoms with Gasteiger partial charge in [0.15, 0.2) is 11.5 Å². The van der Waals surface area contributed by atoms with E-state index in [-0.39, 0.29) is 29.8 Å². The Morgan fingerprint density at radius 1 is 1.21 bits per heavy atom. The molecule has 0 fully saturated rings. The first-order chi connectivity index (χ1) is 11.3. The first-order valence-corrected chi connectivity index (χ1v) is 9.33. The maximum absolute atomic E-state index is 12.3. The summed E-state index contributed by atoms with van der Waals surface area (Å²) < 4.78 is 37.1. The fraction of sp³-hybridized carbons (Fsp3) is 0.562. The monoisotopic (exact) mass is 358 g/mol. The largest absolute Gasteiger partial charge is 0.493 e. The van der Waals surface area contributed by atoms with Crippen molar-refractivity contribution in [3.05, 3.63) is 18.2 Å². The average Bonchev–Trinajstić information content (AvgIpc) is 2.54. The van der Waals surface area contributed by atoms with Crippen LogP contribution in [0.1, 0.15) is 33.1 Å². The highest BCUT2D eigenvalue weighted by molar-refractivity contribution is 7.89. The van der Waals surface area contributed by atoms with E-state index < -0.39 is 10.0 Å². The van der Waals surface area contributed by atoms with Gasteiger partial charge < -0.3 is 14.8 Å². The Balaban J connectivity index is 2.62. The molecule has 2 N–H and O–H groups in total. The van der Waals surface area contributed by atoms with Crippen molar-refractivity contribution < 1.29 is 22.7 Å². The quantitative estimate of drug-likeness (QED) is 0.664. The van der Waals surface area contributed by atoms with Gasteiger partial charge in [-0.3, -0.25) is 4.79 Å². The number of amides is 1. The van der Waals surface area contributed by atoms with Crippen LogP contribution < -0.4 is 19.5 Å². The van der Waals surface area contributed by atoms with Crippen LogP contribution in [0.2, 0.25) is 0 Å². The third-order valence-corrected chi connectivity index (χ3v) is 4.90. The van der Waals surface area contributed by atoms with E-state index in [9.17, 15) is 13.2 Å². The maximum Gasteiger partial charge on any atom is 0.240 e. The molecule has 0 saturated heterocycles. The van der Waals surface area contributed by atoms with Gasteiger partial charge in [0.2, 0.25) is 15.9 Å². The summed E-state index contributed by atoms with van der Waals surface area (Å²) >= 11 is 0. The van der Waals surface area contributed by atoms with Crippen molar-refractivity contribution >= 4 is 15.9 Å². The highest BCUT2D eigenvalue weighted by Crippen LogP contribution is 2.29. The number of rotatable bonds is 10. The molecule has 136 valence electrons. The minimum Gasteiger partial charge on any atom is -0.493 e. The Hall–Kier alpha value is -1.80. The van der Waals surface area contributed by atoms with Gasteiger partial charge in [0.1, 0.15) is 0 Å². The zero-order chi connectivity index (χ0) is 18.2. The highest BCUT2D eigenvalue weighted by Gasteiger charge is 2.17. The van der Waals surface area contributed by atoms with Crippen LogP contribution in [-0.4, -0.2) is 41.1 Å². The molecule has 0 unspecified atom stereocenters. The molecule has 1 aromatic carbocycles. The molecule has 0 heterocycles. The number of hydrogen-bond acceptors (Lipinski definition) is 5. The molecule has 0 bridgehead atoms. The van der Waals surface area contributed by atoms with Gasteiger partial charge in [-0.05, 0) is 25.5 Å². The number of benzene rings is 1. The van der Waals surface area contributed by atoms with Crippen molar-refractivity contribution in [2.24, 2.45) is 0 Å².